The van der Waals surface area contributed by atoms with Crippen LogP contribution in [0.3, 0.4) is 0 Å². The molecular weight excluding hydrogens is 1260 g/mol. The van der Waals surface area contributed by atoms with Crippen molar-refractivity contribution < 1.29 is 47.9 Å². The Labute approximate surface area is 579 Å². The molecule has 24 nitrogen and oxygen atoms in total. The Morgan fingerprint density at radius 3 is 1.11 bits per heavy atom. The average Bonchev–Trinajstić information content (AvgIpc) is 0.870. The van der Waals surface area contributed by atoms with Crippen LogP contribution in [-0.4, -0.2) is 140 Å². The molecule has 1 aliphatic heterocycles. The molecule has 1 saturated heterocycles. The van der Waals surface area contributed by atoms with Crippen molar-refractivity contribution in [1.82, 2.24) is 47.9 Å². The number of nitrogens with one attached hydrogen (secondary N) is 9. The number of nitrogens with two attached hydrogens (primary N) is 5. The van der Waals surface area contributed by atoms with Gasteiger partial charge in [0.1, 0.15) is 48.3 Å². The number of rotatable bonds is 25. The summed E-state index contributed by atoms with van der Waals surface area (Å²) in [6.07, 6.45) is 3.88. The summed E-state index contributed by atoms with van der Waals surface area (Å²) in [7, 11) is 0. The maximum atomic E-state index is 15.1. The van der Waals surface area contributed by atoms with Crippen molar-refractivity contribution in [2.75, 3.05) is 32.7 Å². The molecule has 19 N–H and O–H groups in total. The van der Waals surface area contributed by atoms with E-state index in [4.69, 9.17) is 28.7 Å². The van der Waals surface area contributed by atoms with Crippen LogP contribution in [0.25, 0.3) is 32.7 Å². The normalized spacial score (nSPS) is 21.1. The van der Waals surface area contributed by atoms with Gasteiger partial charge in [-0.25, -0.2) is 0 Å². The number of hydrogen-bond donors (Lipinski definition) is 14. The number of primary amides is 1. The molecule has 6 aromatic carbocycles. The fourth-order valence-corrected chi connectivity index (χ4v) is 12.1. The first-order chi connectivity index (χ1) is 47.9. The van der Waals surface area contributed by atoms with Crippen LogP contribution in [0.5, 0.6) is 0 Å². The lowest BCUT2D eigenvalue weighted by Gasteiger charge is -2.28. The number of benzene rings is 6. The van der Waals surface area contributed by atoms with Crippen LogP contribution in [0, 0.1) is 0 Å². The highest BCUT2D eigenvalue weighted by atomic mass is 16.2. The topological polar surface area (TPSA) is 409 Å². The molecule has 1 heterocycles. The number of fused-ring (bicyclic) bond motifs is 2. The van der Waals surface area contributed by atoms with Crippen LogP contribution >= 0.6 is 0 Å². The third-order valence-electron chi connectivity index (χ3n) is 17.7. The number of amides is 10. The Bertz CT molecular complexity index is 3650. The monoisotopic (exact) mass is 1360 g/mol. The number of carbonyl (C=O) groups is 10. The van der Waals surface area contributed by atoms with Crippen molar-refractivity contribution in [1.29, 1.82) is 0 Å². The molecule has 10 amide bonds. The van der Waals surface area contributed by atoms with E-state index in [9.17, 15) is 43.2 Å². The molecular formula is C75H100N14O10. The van der Waals surface area contributed by atoms with Gasteiger partial charge < -0.3 is 76.5 Å². The SMILES string of the molecule is NCCCC[C@@H]1NC(=O)[C@H](Cc2ccc3ccccc3c2)NC(=O)CCCCCNC(=O)[C@H](Cc2ccc(-c3ccccc3)cc2)NC(=O)[C@H](CCCCN)NC(=O)[C@H](CCCCN)NC(=O)[C@H](Cc2ccc3ccccc3c2)NC(=O)[C@H](CCCCN)NC(=O)[C@H](CC(N)=O)NC1=O. The highest BCUT2D eigenvalue weighted by Crippen LogP contribution is 2.23. The molecule has 0 aliphatic carbocycles. The van der Waals surface area contributed by atoms with E-state index in [1.165, 1.54) is 0 Å². The zero-order valence-electron chi connectivity index (χ0n) is 56.5. The van der Waals surface area contributed by atoms with Crippen LogP contribution in [0.2, 0.25) is 0 Å². The van der Waals surface area contributed by atoms with Gasteiger partial charge >= 0.3 is 0 Å². The zero-order valence-corrected chi connectivity index (χ0v) is 56.5. The Hall–Kier alpha value is -9.62. The smallest absolute Gasteiger partial charge is 0.243 e. The third-order valence-corrected chi connectivity index (χ3v) is 17.7. The van der Waals surface area contributed by atoms with Crippen molar-refractivity contribution in [3.63, 3.8) is 0 Å². The molecule has 0 unspecified atom stereocenters. The highest BCUT2D eigenvalue weighted by Gasteiger charge is 2.36. The van der Waals surface area contributed by atoms with Gasteiger partial charge in [-0.3, -0.25) is 47.9 Å². The average molecular weight is 1360 g/mol. The van der Waals surface area contributed by atoms with Gasteiger partial charge in [-0.05, 0) is 165 Å². The minimum atomic E-state index is -1.69. The fraction of sp³-hybridized carbons (Fsp3) is 0.440. The van der Waals surface area contributed by atoms with Gasteiger partial charge in [-0.2, -0.15) is 0 Å². The quantitative estimate of drug-likeness (QED) is 0.0364. The standard InChI is InChI=1S/C75H100N14O10/c76-38-14-10-25-58-69(93)83-59(26-11-15-39-77)70(94)87-62(45-49-30-34-55(35-31-49)52-19-3-1-4-20-52)68(92)81-42-18-2-5-29-67(91)82-63(46-50-32-36-53-21-6-8-23-56(53)43-50)73(97)84-61(28-13-17-41-79)72(96)89-65(48-66(80)90)75(99)86-60(27-12-16-40-78)71(95)88-64(74(98)85-58)47-51-33-37-54-22-7-9-24-57(54)44-51/h1,3-4,6-9,19-24,30-37,43-44,58-65H,2,5,10-18,25-29,38-42,45-48,76-79H2,(H2,80,90)(H,81,92)(H,82,91)(H,83,93)(H,84,97)(H,85,98)(H,86,99)(H,87,94)(H,88,95)(H,89,96)/t58-,59-,60-,61-,62-,63-,64-,65-/m0/s1. The summed E-state index contributed by atoms with van der Waals surface area (Å²) < 4.78 is 0. The predicted molar refractivity (Wildman–Crippen MR) is 383 cm³/mol. The lowest BCUT2D eigenvalue weighted by molar-refractivity contribution is -0.136. The van der Waals surface area contributed by atoms with Gasteiger partial charge in [0.05, 0.1) is 6.42 Å². The summed E-state index contributed by atoms with van der Waals surface area (Å²) in [5.74, 6) is -7.51. The van der Waals surface area contributed by atoms with Crippen molar-refractivity contribution in [2.45, 2.75) is 177 Å². The Morgan fingerprint density at radius 1 is 0.333 bits per heavy atom. The van der Waals surface area contributed by atoms with Crippen LogP contribution in [-0.2, 0) is 67.2 Å². The molecule has 0 radical (unpaired) electrons. The van der Waals surface area contributed by atoms with Gasteiger partial charge in [0.15, 0.2) is 0 Å². The Balaban J connectivity index is 1.26. The summed E-state index contributed by atoms with van der Waals surface area (Å²) in [5.41, 5.74) is 33.4. The minimum Gasteiger partial charge on any atom is -0.370 e. The van der Waals surface area contributed by atoms with E-state index < -0.39 is 114 Å². The van der Waals surface area contributed by atoms with E-state index in [0.29, 0.717) is 88.3 Å². The molecule has 0 spiro atoms. The van der Waals surface area contributed by atoms with Gasteiger partial charge in [0.25, 0.3) is 0 Å². The summed E-state index contributed by atoms with van der Waals surface area (Å²) in [4.78, 5) is 145. The molecule has 8 atom stereocenters. The number of unbranched alkanes of at least 4 members (excludes halogenated alkanes) is 4. The molecule has 1 aliphatic rings. The lowest BCUT2D eigenvalue weighted by atomic mass is 9.99. The van der Waals surface area contributed by atoms with Gasteiger partial charge in [0, 0.05) is 32.2 Å². The van der Waals surface area contributed by atoms with E-state index >= 15 is 4.79 Å². The third kappa shape index (κ3) is 25.3. The van der Waals surface area contributed by atoms with Crippen LogP contribution in [0.15, 0.2) is 140 Å². The Morgan fingerprint density at radius 2 is 0.677 bits per heavy atom. The highest BCUT2D eigenvalue weighted by molar-refractivity contribution is 5.99. The zero-order chi connectivity index (χ0) is 70.9. The summed E-state index contributed by atoms with van der Waals surface area (Å²) in [6, 6.07) is 33.1. The molecule has 0 bridgehead atoms. The van der Waals surface area contributed by atoms with E-state index in [0.717, 1.165) is 38.2 Å². The first-order valence-electron chi connectivity index (χ1n) is 34.8. The molecule has 99 heavy (non-hydrogen) atoms. The molecule has 0 saturated carbocycles. The first-order valence-corrected chi connectivity index (χ1v) is 34.8. The first kappa shape index (κ1) is 76.7. The van der Waals surface area contributed by atoms with Crippen molar-refractivity contribution in [3.05, 3.63) is 156 Å². The van der Waals surface area contributed by atoms with Crippen LogP contribution < -0.4 is 76.5 Å². The number of hydrogen-bond acceptors (Lipinski definition) is 14. The minimum absolute atomic E-state index is 0.0113. The molecule has 0 aromatic heterocycles. The largest absolute Gasteiger partial charge is 0.370 e. The predicted octanol–water partition coefficient (Wildman–Crippen LogP) is 3.65. The molecule has 24 heteroatoms. The Kier molecular flexibility index (Phi) is 31.7. The fourth-order valence-electron chi connectivity index (χ4n) is 12.1. The maximum Gasteiger partial charge on any atom is 0.243 e. The second-order valence-corrected chi connectivity index (χ2v) is 25.5. The maximum absolute atomic E-state index is 15.1. The van der Waals surface area contributed by atoms with Crippen molar-refractivity contribution in [2.24, 2.45) is 28.7 Å². The van der Waals surface area contributed by atoms with Gasteiger partial charge in [-0.15, -0.1) is 0 Å². The molecule has 1 fully saturated rings. The van der Waals surface area contributed by atoms with Gasteiger partial charge in [0.2, 0.25) is 59.1 Å². The van der Waals surface area contributed by atoms with Crippen LogP contribution in [0.4, 0.5) is 0 Å². The number of carbonyl (C=O) groups excluding carboxylic acids is 10. The lowest BCUT2D eigenvalue weighted by Crippen LogP contribution is -2.61. The molecule has 7 rings (SSSR count). The van der Waals surface area contributed by atoms with Crippen molar-refractivity contribution in [3.8, 4) is 11.1 Å². The summed E-state index contributed by atoms with van der Waals surface area (Å²) in [5, 5.41) is 29.1. The van der Waals surface area contributed by atoms with E-state index in [-0.39, 0.29) is 77.5 Å². The van der Waals surface area contributed by atoms with Gasteiger partial charge in [-0.1, -0.05) is 146 Å². The second kappa shape index (κ2) is 40.9. The van der Waals surface area contributed by atoms with E-state index in [2.05, 4.69) is 47.9 Å². The second-order valence-electron chi connectivity index (χ2n) is 25.5. The summed E-state index contributed by atoms with van der Waals surface area (Å²) in [6.45, 7) is 1.21. The van der Waals surface area contributed by atoms with E-state index in [1.807, 2.05) is 133 Å². The summed E-state index contributed by atoms with van der Waals surface area (Å²) >= 11 is 0. The van der Waals surface area contributed by atoms with E-state index in [1.54, 1.807) is 6.07 Å². The molecule has 530 valence electrons. The van der Waals surface area contributed by atoms with Crippen LogP contribution in [0.1, 0.15) is 126 Å². The van der Waals surface area contributed by atoms with Crippen molar-refractivity contribution >= 4 is 80.6 Å². The molecule has 6 aromatic rings.